The number of carbonyl (C=O) groups is 2. The fourth-order valence-electron chi connectivity index (χ4n) is 4.16. The van der Waals surface area contributed by atoms with E-state index >= 15 is 0 Å². The first-order valence-electron chi connectivity index (χ1n) is 11.6. The van der Waals surface area contributed by atoms with Crippen molar-refractivity contribution in [2.24, 2.45) is 0 Å². The summed E-state index contributed by atoms with van der Waals surface area (Å²) >= 11 is 0. The number of aliphatic hydroxyl groups is 1. The zero-order valence-corrected chi connectivity index (χ0v) is 20.1. The molecule has 0 radical (unpaired) electrons. The zero-order chi connectivity index (χ0) is 24.9. The average molecular weight is 476 g/mol. The number of nitrogens with zero attached hydrogens (tertiary/aromatic N) is 1. The van der Waals surface area contributed by atoms with Crippen molar-refractivity contribution in [3.05, 3.63) is 94.6 Å². The third kappa shape index (κ3) is 4.94. The van der Waals surface area contributed by atoms with Gasteiger partial charge in [-0.15, -0.1) is 0 Å². The molecule has 1 aromatic heterocycles. The van der Waals surface area contributed by atoms with Gasteiger partial charge in [-0.05, 0) is 48.7 Å². The maximum Gasteiger partial charge on any atom is 0.290 e. The van der Waals surface area contributed by atoms with E-state index in [1.165, 1.54) is 4.90 Å². The molecule has 1 atom stereocenters. The van der Waals surface area contributed by atoms with Crippen LogP contribution in [0.4, 0.5) is 0 Å². The molecule has 0 aliphatic carbocycles. The number of ketones is 1. The number of rotatable bonds is 10. The lowest BCUT2D eigenvalue weighted by molar-refractivity contribution is -0.130. The van der Waals surface area contributed by atoms with Crippen molar-refractivity contribution in [1.29, 1.82) is 0 Å². The molecule has 35 heavy (non-hydrogen) atoms. The van der Waals surface area contributed by atoms with Crippen molar-refractivity contribution < 1.29 is 28.6 Å². The van der Waals surface area contributed by atoms with Crippen LogP contribution in [0.3, 0.4) is 0 Å². The molecule has 182 valence electrons. The van der Waals surface area contributed by atoms with Crippen LogP contribution in [-0.4, -0.2) is 35.4 Å². The molecule has 7 heteroatoms. The van der Waals surface area contributed by atoms with Gasteiger partial charge in [0.15, 0.2) is 23.0 Å². The summed E-state index contributed by atoms with van der Waals surface area (Å²) in [6, 6.07) is 17.1. The molecule has 0 fully saturated rings. The average Bonchev–Trinajstić information content (AvgIpc) is 3.41. The molecule has 1 unspecified atom stereocenters. The molecular weight excluding hydrogens is 446 g/mol. The van der Waals surface area contributed by atoms with Crippen LogP contribution < -0.4 is 9.47 Å². The Morgan fingerprint density at radius 2 is 1.86 bits per heavy atom. The number of carbonyl (C=O) groups excluding carboxylic acids is 2. The van der Waals surface area contributed by atoms with Gasteiger partial charge in [0.2, 0.25) is 5.78 Å². The standard InChI is InChI=1S/C28H29NO6/c1-4-5-15-34-21-14-12-20(16-23(21)33-3)25-24(26(30)22-13-11-18(2)35-22)27(31)28(32)29(25)17-19-9-7-6-8-10-19/h6-14,16,25,31H,4-5,15,17H2,1-3H3. The Labute approximate surface area is 204 Å². The van der Waals surface area contributed by atoms with Gasteiger partial charge in [-0.25, -0.2) is 0 Å². The van der Waals surface area contributed by atoms with E-state index in [0.717, 1.165) is 18.4 Å². The highest BCUT2D eigenvalue weighted by Crippen LogP contribution is 2.42. The SMILES string of the molecule is CCCCOc1ccc(C2C(C(=O)c3ccc(C)o3)=C(O)C(=O)N2Cc2ccccc2)cc1OC. The van der Waals surface area contributed by atoms with Crippen molar-refractivity contribution >= 4 is 11.7 Å². The number of hydrogen-bond donors (Lipinski definition) is 1. The molecule has 1 aliphatic heterocycles. The second kappa shape index (κ2) is 10.5. The molecule has 2 aromatic carbocycles. The van der Waals surface area contributed by atoms with Crippen molar-refractivity contribution in [2.45, 2.75) is 39.3 Å². The van der Waals surface area contributed by atoms with Crippen LogP contribution in [0.2, 0.25) is 0 Å². The van der Waals surface area contributed by atoms with E-state index < -0.39 is 23.5 Å². The van der Waals surface area contributed by atoms with Crippen LogP contribution in [0.15, 0.2) is 76.4 Å². The van der Waals surface area contributed by atoms with E-state index in [2.05, 4.69) is 6.92 Å². The number of ether oxygens (including phenoxy) is 2. The quantitative estimate of drug-likeness (QED) is 0.305. The van der Waals surface area contributed by atoms with Gasteiger partial charge < -0.3 is 23.9 Å². The van der Waals surface area contributed by atoms with E-state index in [-0.39, 0.29) is 17.9 Å². The summed E-state index contributed by atoms with van der Waals surface area (Å²) in [7, 11) is 1.54. The van der Waals surface area contributed by atoms with Gasteiger partial charge in [0, 0.05) is 6.54 Å². The molecule has 3 aromatic rings. The Balaban J connectivity index is 1.77. The first-order chi connectivity index (χ1) is 16.9. The summed E-state index contributed by atoms with van der Waals surface area (Å²) < 4.78 is 16.9. The first kappa shape index (κ1) is 24.1. The fraction of sp³-hybridized carbons (Fsp3) is 0.286. The molecule has 1 N–H and O–H groups in total. The molecule has 0 saturated carbocycles. The number of Topliss-reactive ketones (excluding diaryl/α,β-unsaturated/α-hetero) is 1. The predicted octanol–water partition coefficient (Wildman–Crippen LogP) is 5.55. The van der Waals surface area contributed by atoms with Gasteiger partial charge >= 0.3 is 0 Å². The Morgan fingerprint density at radius 1 is 1.09 bits per heavy atom. The van der Waals surface area contributed by atoms with Crippen LogP contribution in [0.25, 0.3) is 0 Å². The van der Waals surface area contributed by atoms with E-state index in [9.17, 15) is 14.7 Å². The second-order valence-corrected chi connectivity index (χ2v) is 8.44. The number of amides is 1. The molecular formula is C28H29NO6. The molecule has 0 spiro atoms. The van der Waals surface area contributed by atoms with E-state index in [4.69, 9.17) is 13.9 Å². The number of benzene rings is 2. The summed E-state index contributed by atoms with van der Waals surface area (Å²) in [5.41, 5.74) is 1.46. The molecule has 2 heterocycles. The lowest BCUT2D eigenvalue weighted by Crippen LogP contribution is -2.30. The molecule has 1 aliphatic rings. The minimum atomic E-state index is -0.834. The smallest absolute Gasteiger partial charge is 0.290 e. The summed E-state index contributed by atoms with van der Waals surface area (Å²) in [6.07, 6.45) is 1.91. The number of furan rings is 1. The second-order valence-electron chi connectivity index (χ2n) is 8.44. The summed E-state index contributed by atoms with van der Waals surface area (Å²) in [6.45, 7) is 4.57. The Bertz CT molecular complexity index is 1240. The highest BCUT2D eigenvalue weighted by Gasteiger charge is 2.44. The van der Waals surface area contributed by atoms with Gasteiger partial charge in [-0.2, -0.15) is 0 Å². The van der Waals surface area contributed by atoms with E-state index in [1.54, 1.807) is 44.4 Å². The van der Waals surface area contributed by atoms with Crippen molar-refractivity contribution in [3.8, 4) is 11.5 Å². The number of aliphatic hydroxyl groups excluding tert-OH is 1. The maximum absolute atomic E-state index is 13.4. The molecule has 7 nitrogen and oxygen atoms in total. The molecule has 0 bridgehead atoms. The first-order valence-corrected chi connectivity index (χ1v) is 11.6. The number of methoxy groups -OCH3 is 1. The summed E-state index contributed by atoms with van der Waals surface area (Å²) in [5.74, 6) is -0.0450. The van der Waals surface area contributed by atoms with Crippen LogP contribution in [0, 0.1) is 6.92 Å². The van der Waals surface area contributed by atoms with Gasteiger partial charge in [0.1, 0.15) is 5.76 Å². The summed E-state index contributed by atoms with van der Waals surface area (Å²) in [4.78, 5) is 28.2. The number of unbranched alkanes of at least 4 members (excludes halogenated alkanes) is 1. The minimum absolute atomic E-state index is 0.0259. The lowest BCUT2D eigenvalue weighted by Gasteiger charge is -2.27. The van der Waals surface area contributed by atoms with E-state index in [0.29, 0.717) is 29.4 Å². The molecule has 4 rings (SSSR count). The Hall–Kier alpha value is -4.00. The van der Waals surface area contributed by atoms with Crippen LogP contribution >= 0.6 is 0 Å². The zero-order valence-electron chi connectivity index (χ0n) is 20.1. The fourth-order valence-corrected chi connectivity index (χ4v) is 4.16. The van der Waals surface area contributed by atoms with Crippen molar-refractivity contribution in [3.63, 3.8) is 0 Å². The summed E-state index contributed by atoms with van der Waals surface area (Å²) in [5, 5.41) is 10.9. The number of hydrogen-bond acceptors (Lipinski definition) is 6. The van der Waals surface area contributed by atoms with Gasteiger partial charge in [-0.3, -0.25) is 9.59 Å². The van der Waals surface area contributed by atoms with Crippen LogP contribution in [-0.2, 0) is 11.3 Å². The highest BCUT2D eigenvalue weighted by atomic mass is 16.5. The monoisotopic (exact) mass is 475 g/mol. The van der Waals surface area contributed by atoms with Crippen molar-refractivity contribution in [1.82, 2.24) is 4.90 Å². The number of aryl methyl sites for hydroxylation is 1. The predicted molar refractivity (Wildman–Crippen MR) is 131 cm³/mol. The van der Waals surface area contributed by atoms with Crippen LogP contribution in [0.5, 0.6) is 11.5 Å². The van der Waals surface area contributed by atoms with Gasteiger partial charge in [0.05, 0.1) is 25.3 Å². The third-order valence-corrected chi connectivity index (χ3v) is 5.97. The van der Waals surface area contributed by atoms with E-state index in [1.807, 2.05) is 30.3 Å². The molecule has 1 amide bonds. The molecule has 0 saturated heterocycles. The normalized spacial score (nSPS) is 15.6. The minimum Gasteiger partial charge on any atom is -0.503 e. The lowest BCUT2D eigenvalue weighted by atomic mass is 9.94. The Kier molecular flexibility index (Phi) is 7.25. The largest absolute Gasteiger partial charge is 0.503 e. The van der Waals surface area contributed by atoms with Crippen molar-refractivity contribution in [2.75, 3.05) is 13.7 Å². The Morgan fingerprint density at radius 3 is 2.51 bits per heavy atom. The third-order valence-electron chi connectivity index (χ3n) is 5.97. The topological polar surface area (TPSA) is 89.2 Å². The maximum atomic E-state index is 13.4. The van der Waals surface area contributed by atoms with Gasteiger partial charge in [-0.1, -0.05) is 49.7 Å². The highest BCUT2D eigenvalue weighted by molar-refractivity contribution is 6.15. The van der Waals surface area contributed by atoms with Crippen LogP contribution in [0.1, 0.15) is 53.2 Å². The van der Waals surface area contributed by atoms with Gasteiger partial charge in [0.25, 0.3) is 5.91 Å².